The fourth-order valence-electron chi connectivity index (χ4n) is 4.65. The number of hydrogen-bond donors (Lipinski definition) is 0. The van der Waals surface area contributed by atoms with Gasteiger partial charge in [-0.05, 0) is 59.9 Å². The van der Waals surface area contributed by atoms with Gasteiger partial charge in [0.15, 0.2) is 0 Å². The number of piperidine rings is 1. The van der Waals surface area contributed by atoms with Crippen LogP contribution in [0, 0.1) is 5.92 Å². The molecular formula is C27H23F3N2O2. The third-order valence-electron chi connectivity index (χ3n) is 6.43. The summed E-state index contributed by atoms with van der Waals surface area (Å²) in [5.41, 5.74) is 5.73. The van der Waals surface area contributed by atoms with Gasteiger partial charge in [-0.25, -0.2) is 0 Å². The molecule has 1 saturated heterocycles. The first kappa shape index (κ1) is 22.2. The first-order chi connectivity index (χ1) is 16.4. The first-order valence-corrected chi connectivity index (χ1v) is 11.3. The molecule has 0 unspecified atom stereocenters. The van der Waals surface area contributed by atoms with Crippen LogP contribution in [-0.2, 0) is 6.42 Å². The van der Waals surface area contributed by atoms with Gasteiger partial charge in [0.25, 0.3) is 5.91 Å². The molecule has 5 rings (SSSR count). The highest BCUT2D eigenvalue weighted by molar-refractivity contribution is 5.97. The molecule has 0 bridgehead atoms. The molecule has 34 heavy (non-hydrogen) atoms. The molecule has 0 radical (unpaired) electrons. The number of benzene rings is 3. The van der Waals surface area contributed by atoms with E-state index in [2.05, 4.69) is 16.9 Å². The second-order valence-electron chi connectivity index (χ2n) is 8.62. The normalized spacial score (nSPS) is 16.2. The highest BCUT2D eigenvalue weighted by atomic mass is 19.4. The van der Waals surface area contributed by atoms with Crippen LogP contribution < -0.4 is 4.74 Å². The Kier molecular flexibility index (Phi) is 5.86. The van der Waals surface area contributed by atoms with E-state index in [1.807, 2.05) is 29.2 Å². The fourth-order valence-corrected chi connectivity index (χ4v) is 4.65. The second kappa shape index (κ2) is 8.97. The molecule has 0 spiro atoms. The number of ether oxygens (including phenoxy) is 1. The lowest BCUT2D eigenvalue weighted by molar-refractivity contribution is -0.274. The van der Waals surface area contributed by atoms with Crippen molar-refractivity contribution >= 4 is 17.3 Å². The number of para-hydroxylation sites is 1. The molecule has 4 nitrogen and oxygen atoms in total. The number of halogens is 3. The summed E-state index contributed by atoms with van der Waals surface area (Å²) in [6.45, 7) is 1.39. The van der Waals surface area contributed by atoms with Gasteiger partial charge < -0.3 is 9.64 Å². The molecule has 0 aliphatic carbocycles. The number of rotatable bonds is 4. The lowest BCUT2D eigenvalue weighted by Gasteiger charge is -2.32. The smallest absolute Gasteiger partial charge is 0.406 e. The van der Waals surface area contributed by atoms with Crippen molar-refractivity contribution < 1.29 is 22.7 Å². The average Bonchev–Trinajstić information content (AvgIpc) is 3.28. The van der Waals surface area contributed by atoms with Crippen molar-refractivity contribution in [2.24, 2.45) is 10.9 Å². The maximum Gasteiger partial charge on any atom is 0.573 e. The largest absolute Gasteiger partial charge is 0.573 e. The van der Waals surface area contributed by atoms with E-state index < -0.39 is 6.36 Å². The van der Waals surface area contributed by atoms with E-state index in [1.54, 1.807) is 24.3 Å². The molecule has 2 aliphatic rings. The summed E-state index contributed by atoms with van der Waals surface area (Å²) >= 11 is 0. The molecule has 1 amide bonds. The summed E-state index contributed by atoms with van der Waals surface area (Å²) < 4.78 is 40.9. The number of carbonyl (C=O) groups excluding carboxylic acids is 1. The molecule has 0 aromatic heterocycles. The molecule has 0 saturated carbocycles. The number of likely N-dealkylation sites (tertiary alicyclic amines) is 1. The van der Waals surface area contributed by atoms with E-state index in [4.69, 9.17) is 4.99 Å². The van der Waals surface area contributed by atoms with Crippen molar-refractivity contribution in [1.29, 1.82) is 0 Å². The third-order valence-corrected chi connectivity index (χ3v) is 6.43. The van der Waals surface area contributed by atoms with Crippen LogP contribution in [0.2, 0.25) is 0 Å². The van der Waals surface area contributed by atoms with Crippen molar-refractivity contribution in [3.8, 4) is 16.9 Å². The number of hydrogen-bond acceptors (Lipinski definition) is 3. The minimum Gasteiger partial charge on any atom is -0.406 e. The lowest BCUT2D eigenvalue weighted by Crippen LogP contribution is -2.40. The molecule has 3 aromatic carbocycles. The molecule has 174 valence electrons. The maximum absolute atomic E-state index is 13.0. The molecule has 0 N–H and O–H groups in total. The van der Waals surface area contributed by atoms with Crippen LogP contribution in [0.3, 0.4) is 0 Å². The number of amides is 1. The van der Waals surface area contributed by atoms with Gasteiger partial charge in [-0.3, -0.25) is 9.79 Å². The minimum atomic E-state index is -4.71. The van der Waals surface area contributed by atoms with Crippen molar-refractivity contribution in [2.45, 2.75) is 25.6 Å². The zero-order chi connectivity index (χ0) is 23.7. The summed E-state index contributed by atoms with van der Waals surface area (Å²) in [6, 6.07) is 21.1. The molecule has 2 heterocycles. The summed E-state index contributed by atoms with van der Waals surface area (Å²) in [6.07, 6.45) is -2.00. The van der Waals surface area contributed by atoms with Crippen LogP contribution in [0.25, 0.3) is 11.1 Å². The van der Waals surface area contributed by atoms with Crippen molar-refractivity contribution in [3.63, 3.8) is 0 Å². The number of nitrogens with zero attached hydrogens (tertiary/aromatic N) is 2. The van der Waals surface area contributed by atoms with E-state index in [0.29, 0.717) is 24.6 Å². The van der Waals surface area contributed by atoms with E-state index in [0.717, 1.165) is 36.1 Å². The predicted molar refractivity (Wildman–Crippen MR) is 124 cm³/mol. The Morgan fingerprint density at radius 2 is 1.50 bits per heavy atom. The Hall–Kier alpha value is -3.61. The SMILES string of the molecule is O=C(c1ccc(-c2ccc(OC(F)(F)F)cc2)cc1)N1CCC(C2=Nc3ccccc3C2)CC1. The van der Waals surface area contributed by atoms with Crippen molar-refractivity contribution in [3.05, 3.63) is 83.9 Å². The Bertz CT molecular complexity index is 1210. The van der Waals surface area contributed by atoms with Crippen LogP contribution >= 0.6 is 0 Å². The Morgan fingerprint density at radius 3 is 2.12 bits per heavy atom. The number of carbonyl (C=O) groups is 1. The molecule has 0 atom stereocenters. The zero-order valence-electron chi connectivity index (χ0n) is 18.4. The zero-order valence-corrected chi connectivity index (χ0v) is 18.4. The van der Waals surface area contributed by atoms with Crippen LogP contribution in [0.15, 0.2) is 77.8 Å². The number of aliphatic imine (C=N–C) groups is 1. The monoisotopic (exact) mass is 464 g/mol. The third kappa shape index (κ3) is 4.83. The number of fused-ring (bicyclic) bond motifs is 1. The van der Waals surface area contributed by atoms with Gasteiger partial charge in [0.2, 0.25) is 0 Å². The topological polar surface area (TPSA) is 41.9 Å². The van der Waals surface area contributed by atoms with Crippen LogP contribution in [0.4, 0.5) is 18.9 Å². The van der Waals surface area contributed by atoms with Crippen LogP contribution in [0.5, 0.6) is 5.75 Å². The minimum absolute atomic E-state index is 0.00410. The molecular weight excluding hydrogens is 441 g/mol. The Labute approximate surface area is 195 Å². The predicted octanol–water partition coefficient (Wildman–Crippen LogP) is 6.43. The van der Waals surface area contributed by atoms with Gasteiger partial charge in [0.05, 0.1) is 5.69 Å². The Morgan fingerprint density at radius 1 is 0.882 bits per heavy atom. The lowest BCUT2D eigenvalue weighted by atomic mass is 9.89. The highest BCUT2D eigenvalue weighted by Crippen LogP contribution is 2.32. The summed E-state index contributed by atoms with van der Waals surface area (Å²) in [5, 5.41) is 0. The standard InChI is InChI=1S/C27H23F3N2O2/c28-27(29,30)34-23-11-9-19(10-12-23)18-5-7-21(8-6-18)26(33)32-15-13-20(14-16-32)25-17-22-3-1-2-4-24(22)31-25/h1-12,20H,13-17H2. The summed E-state index contributed by atoms with van der Waals surface area (Å²) in [4.78, 5) is 19.7. The molecule has 1 fully saturated rings. The van der Waals surface area contributed by atoms with E-state index in [-0.39, 0.29) is 11.7 Å². The summed E-state index contributed by atoms with van der Waals surface area (Å²) in [7, 11) is 0. The second-order valence-corrected chi connectivity index (χ2v) is 8.62. The number of alkyl halides is 3. The van der Waals surface area contributed by atoms with Gasteiger partial charge in [0, 0.05) is 36.7 Å². The fraction of sp³-hybridized carbons (Fsp3) is 0.259. The highest BCUT2D eigenvalue weighted by Gasteiger charge is 2.31. The van der Waals surface area contributed by atoms with Gasteiger partial charge in [0.1, 0.15) is 5.75 Å². The van der Waals surface area contributed by atoms with Gasteiger partial charge in [-0.2, -0.15) is 0 Å². The van der Waals surface area contributed by atoms with Gasteiger partial charge in [-0.1, -0.05) is 42.5 Å². The average molecular weight is 464 g/mol. The van der Waals surface area contributed by atoms with Crippen molar-refractivity contribution in [2.75, 3.05) is 13.1 Å². The van der Waals surface area contributed by atoms with E-state index in [9.17, 15) is 18.0 Å². The molecule has 2 aliphatic heterocycles. The van der Waals surface area contributed by atoms with Crippen LogP contribution in [-0.4, -0.2) is 36.0 Å². The quantitative estimate of drug-likeness (QED) is 0.446. The van der Waals surface area contributed by atoms with E-state index in [1.165, 1.54) is 23.4 Å². The molecule has 7 heteroatoms. The van der Waals surface area contributed by atoms with Gasteiger partial charge in [-0.15, -0.1) is 13.2 Å². The van der Waals surface area contributed by atoms with Crippen LogP contribution in [0.1, 0.15) is 28.8 Å². The summed E-state index contributed by atoms with van der Waals surface area (Å²) in [5.74, 6) is 0.137. The van der Waals surface area contributed by atoms with Crippen molar-refractivity contribution in [1.82, 2.24) is 4.90 Å². The maximum atomic E-state index is 13.0. The van der Waals surface area contributed by atoms with E-state index >= 15 is 0 Å². The Balaban J connectivity index is 1.18. The van der Waals surface area contributed by atoms with Gasteiger partial charge >= 0.3 is 6.36 Å². The first-order valence-electron chi connectivity index (χ1n) is 11.3. The molecule has 3 aromatic rings.